The molecule has 0 aliphatic carbocycles. The second-order valence-corrected chi connectivity index (χ2v) is 4.28. The van der Waals surface area contributed by atoms with Crippen LogP contribution in [0.2, 0.25) is 0 Å². The predicted molar refractivity (Wildman–Crippen MR) is 60.4 cm³/mol. The molecule has 0 aliphatic heterocycles. The van der Waals surface area contributed by atoms with Crippen molar-refractivity contribution in [2.75, 3.05) is 11.9 Å². The van der Waals surface area contributed by atoms with Crippen LogP contribution in [-0.2, 0) is 0 Å². The van der Waals surface area contributed by atoms with Crippen LogP contribution in [-0.4, -0.2) is 27.2 Å². The maximum atomic E-state index is 10.7. The van der Waals surface area contributed by atoms with Gasteiger partial charge in [0.15, 0.2) is 0 Å². The number of nitro groups is 1. The highest BCUT2D eigenvalue weighted by molar-refractivity contribution is 5.48. The molecule has 6 heteroatoms. The summed E-state index contributed by atoms with van der Waals surface area (Å²) in [5, 5.41) is 23.0. The molecule has 0 fully saturated rings. The highest BCUT2D eigenvalue weighted by Gasteiger charge is 2.15. The van der Waals surface area contributed by atoms with E-state index in [9.17, 15) is 15.2 Å². The van der Waals surface area contributed by atoms with Crippen molar-refractivity contribution in [3.05, 3.63) is 27.9 Å². The molecule has 0 bridgehead atoms. The molecule has 1 aromatic heterocycles. The first-order valence-electron chi connectivity index (χ1n) is 4.87. The first kappa shape index (κ1) is 12.4. The Bertz CT molecular complexity index is 399. The molecule has 1 aromatic rings. The van der Waals surface area contributed by atoms with Crippen molar-refractivity contribution < 1.29 is 10.0 Å². The first-order valence-corrected chi connectivity index (χ1v) is 4.87. The van der Waals surface area contributed by atoms with Gasteiger partial charge in [0, 0.05) is 18.3 Å². The second kappa shape index (κ2) is 4.44. The zero-order chi connectivity index (χ0) is 12.3. The van der Waals surface area contributed by atoms with Crippen LogP contribution in [0.3, 0.4) is 0 Å². The SMILES string of the molecule is Cc1cnc(NCC(C)(C)O)cc1[N+](=O)[O-]. The van der Waals surface area contributed by atoms with Crippen molar-refractivity contribution in [2.24, 2.45) is 0 Å². The molecule has 0 spiro atoms. The summed E-state index contributed by atoms with van der Waals surface area (Å²) in [5.74, 6) is 0.388. The summed E-state index contributed by atoms with van der Waals surface area (Å²) in [7, 11) is 0. The van der Waals surface area contributed by atoms with Crippen LogP contribution in [0.4, 0.5) is 11.5 Å². The van der Waals surface area contributed by atoms with Gasteiger partial charge < -0.3 is 10.4 Å². The molecule has 0 saturated carbocycles. The number of anilines is 1. The molecule has 2 N–H and O–H groups in total. The van der Waals surface area contributed by atoms with Gasteiger partial charge in [0.2, 0.25) is 0 Å². The van der Waals surface area contributed by atoms with E-state index in [1.807, 2.05) is 0 Å². The van der Waals surface area contributed by atoms with Crippen molar-refractivity contribution in [1.29, 1.82) is 0 Å². The van der Waals surface area contributed by atoms with Gasteiger partial charge in [-0.2, -0.15) is 0 Å². The second-order valence-electron chi connectivity index (χ2n) is 4.28. The zero-order valence-corrected chi connectivity index (χ0v) is 9.52. The van der Waals surface area contributed by atoms with Crippen molar-refractivity contribution in [1.82, 2.24) is 4.98 Å². The maximum absolute atomic E-state index is 10.7. The Morgan fingerprint density at radius 2 is 2.25 bits per heavy atom. The number of aliphatic hydroxyl groups is 1. The number of hydrogen-bond acceptors (Lipinski definition) is 5. The maximum Gasteiger partial charge on any atom is 0.277 e. The van der Waals surface area contributed by atoms with Crippen LogP contribution in [0.1, 0.15) is 19.4 Å². The highest BCUT2D eigenvalue weighted by atomic mass is 16.6. The normalized spacial score (nSPS) is 11.2. The lowest BCUT2D eigenvalue weighted by molar-refractivity contribution is -0.385. The van der Waals surface area contributed by atoms with Crippen molar-refractivity contribution in [3.63, 3.8) is 0 Å². The van der Waals surface area contributed by atoms with Crippen LogP contribution in [0.5, 0.6) is 0 Å². The van der Waals surface area contributed by atoms with Crippen LogP contribution in [0, 0.1) is 17.0 Å². The van der Waals surface area contributed by atoms with Gasteiger partial charge >= 0.3 is 0 Å². The molecule has 0 aromatic carbocycles. The first-order chi connectivity index (χ1) is 7.29. The summed E-state index contributed by atoms with van der Waals surface area (Å²) in [6, 6.07) is 1.36. The van der Waals surface area contributed by atoms with E-state index in [2.05, 4.69) is 10.3 Å². The lowest BCUT2D eigenvalue weighted by Gasteiger charge is -2.17. The summed E-state index contributed by atoms with van der Waals surface area (Å²) >= 11 is 0. The smallest absolute Gasteiger partial charge is 0.277 e. The van der Waals surface area contributed by atoms with E-state index in [0.717, 1.165) is 0 Å². The molecule has 0 amide bonds. The molecule has 88 valence electrons. The summed E-state index contributed by atoms with van der Waals surface area (Å²) in [4.78, 5) is 14.2. The number of pyridine rings is 1. The van der Waals surface area contributed by atoms with Gasteiger partial charge in [-0.1, -0.05) is 0 Å². The number of aromatic nitrogens is 1. The molecule has 0 atom stereocenters. The summed E-state index contributed by atoms with van der Waals surface area (Å²) in [6.45, 7) is 5.19. The van der Waals surface area contributed by atoms with Gasteiger partial charge in [0.05, 0.1) is 16.6 Å². The lowest BCUT2D eigenvalue weighted by Crippen LogP contribution is -2.29. The molecular weight excluding hydrogens is 210 g/mol. The molecule has 0 radical (unpaired) electrons. The van der Waals surface area contributed by atoms with Crippen molar-refractivity contribution in [3.8, 4) is 0 Å². The Kier molecular flexibility index (Phi) is 3.44. The van der Waals surface area contributed by atoms with E-state index >= 15 is 0 Å². The van der Waals surface area contributed by atoms with Gasteiger partial charge in [-0.15, -0.1) is 0 Å². The number of nitrogens with one attached hydrogen (secondary N) is 1. The Morgan fingerprint density at radius 1 is 1.62 bits per heavy atom. The van der Waals surface area contributed by atoms with E-state index in [1.54, 1.807) is 20.8 Å². The van der Waals surface area contributed by atoms with Gasteiger partial charge in [-0.05, 0) is 20.8 Å². The van der Waals surface area contributed by atoms with E-state index in [4.69, 9.17) is 0 Å². The zero-order valence-electron chi connectivity index (χ0n) is 9.52. The molecular formula is C10H15N3O3. The van der Waals surface area contributed by atoms with Crippen LogP contribution in [0.15, 0.2) is 12.3 Å². The van der Waals surface area contributed by atoms with Gasteiger partial charge in [0.1, 0.15) is 5.82 Å². The van der Waals surface area contributed by atoms with E-state index in [0.29, 0.717) is 11.4 Å². The number of rotatable bonds is 4. The number of hydrogen-bond donors (Lipinski definition) is 2. The molecule has 6 nitrogen and oxygen atoms in total. The van der Waals surface area contributed by atoms with Crippen molar-refractivity contribution >= 4 is 11.5 Å². The van der Waals surface area contributed by atoms with Crippen LogP contribution in [0.25, 0.3) is 0 Å². The third-order valence-electron chi connectivity index (χ3n) is 1.97. The number of nitrogens with zero attached hydrogens (tertiary/aromatic N) is 2. The van der Waals surface area contributed by atoms with Gasteiger partial charge in [-0.25, -0.2) is 4.98 Å². The Hall–Kier alpha value is -1.69. The fourth-order valence-corrected chi connectivity index (χ4v) is 1.11. The van der Waals surface area contributed by atoms with Crippen molar-refractivity contribution in [2.45, 2.75) is 26.4 Å². The topological polar surface area (TPSA) is 88.3 Å². The average Bonchev–Trinajstić information content (AvgIpc) is 2.14. The predicted octanol–water partition coefficient (Wildman–Crippen LogP) is 1.48. The van der Waals surface area contributed by atoms with Crippen LogP contribution >= 0.6 is 0 Å². The van der Waals surface area contributed by atoms with Gasteiger partial charge in [-0.3, -0.25) is 10.1 Å². The average molecular weight is 225 g/mol. The molecule has 0 aliphatic rings. The number of aryl methyl sites for hydroxylation is 1. The standard InChI is InChI=1S/C10H15N3O3/c1-7-5-11-9(4-8(7)13(15)16)12-6-10(2,3)14/h4-5,14H,6H2,1-3H3,(H,11,12). The summed E-state index contributed by atoms with van der Waals surface area (Å²) < 4.78 is 0. The molecule has 1 heterocycles. The minimum atomic E-state index is -0.888. The quantitative estimate of drug-likeness (QED) is 0.598. The minimum absolute atomic E-state index is 0.0215. The minimum Gasteiger partial charge on any atom is -0.389 e. The molecule has 0 unspecified atom stereocenters. The summed E-state index contributed by atoms with van der Waals surface area (Å²) in [6.07, 6.45) is 1.44. The third kappa shape index (κ3) is 3.47. The Labute approximate surface area is 93.5 Å². The fraction of sp³-hybridized carbons (Fsp3) is 0.500. The summed E-state index contributed by atoms with van der Waals surface area (Å²) in [5.41, 5.74) is -0.353. The molecule has 16 heavy (non-hydrogen) atoms. The largest absolute Gasteiger partial charge is 0.389 e. The van der Waals surface area contributed by atoms with E-state index < -0.39 is 10.5 Å². The third-order valence-corrected chi connectivity index (χ3v) is 1.97. The lowest BCUT2D eigenvalue weighted by atomic mass is 10.1. The Morgan fingerprint density at radius 3 is 2.75 bits per heavy atom. The highest BCUT2D eigenvalue weighted by Crippen LogP contribution is 2.20. The van der Waals surface area contributed by atoms with Crippen LogP contribution < -0.4 is 5.32 Å². The van der Waals surface area contributed by atoms with E-state index in [1.165, 1.54) is 12.3 Å². The fourth-order valence-electron chi connectivity index (χ4n) is 1.11. The van der Waals surface area contributed by atoms with E-state index in [-0.39, 0.29) is 12.2 Å². The molecule has 1 rings (SSSR count). The molecule has 0 saturated heterocycles. The monoisotopic (exact) mass is 225 g/mol. The van der Waals surface area contributed by atoms with Gasteiger partial charge in [0.25, 0.3) is 5.69 Å². The Balaban J connectivity index is 2.83.